The van der Waals surface area contributed by atoms with E-state index in [9.17, 15) is 4.79 Å². The van der Waals surface area contributed by atoms with Crippen LogP contribution in [0.5, 0.6) is 0 Å². The summed E-state index contributed by atoms with van der Waals surface area (Å²) in [5.41, 5.74) is 2.14. The maximum atomic E-state index is 10.8. The third-order valence-electron chi connectivity index (χ3n) is 2.09. The second-order valence-corrected chi connectivity index (χ2v) is 3.06. The summed E-state index contributed by atoms with van der Waals surface area (Å²) in [4.78, 5) is 10.8. The molecule has 0 bridgehead atoms. The largest absolute Gasteiger partial charge is 0.477 e. The zero-order valence-electron chi connectivity index (χ0n) is 8.32. The van der Waals surface area contributed by atoms with Crippen molar-refractivity contribution in [3.8, 4) is 0 Å². The van der Waals surface area contributed by atoms with Gasteiger partial charge >= 0.3 is 5.97 Å². The summed E-state index contributed by atoms with van der Waals surface area (Å²) in [6.07, 6.45) is 5.29. The van der Waals surface area contributed by atoms with Crippen LogP contribution in [0, 0.1) is 6.92 Å². The Morgan fingerprint density at radius 2 is 2.29 bits per heavy atom. The van der Waals surface area contributed by atoms with E-state index < -0.39 is 5.97 Å². The molecule has 0 atom stereocenters. The fourth-order valence-corrected chi connectivity index (χ4v) is 1.38. The van der Waals surface area contributed by atoms with Gasteiger partial charge in [0.1, 0.15) is 5.69 Å². The molecule has 0 spiro atoms. The highest BCUT2D eigenvalue weighted by atomic mass is 16.4. The number of hydrogen-bond donors (Lipinski definition) is 1. The van der Waals surface area contributed by atoms with Crippen molar-refractivity contribution in [1.29, 1.82) is 0 Å². The minimum absolute atomic E-state index is 0.297. The summed E-state index contributed by atoms with van der Waals surface area (Å²) in [6, 6.07) is 1.66. The van der Waals surface area contributed by atoms with Crippen molar-refractivity contribution in [2.24, 2.45) is 7.05 Å². The maximum Gasteiger partial charge on any atom is 0.352 e. The molecule has 1 N–H and O–H groups in total. The molecular formula is C11H13NO2. The van der Waals surface area contributed by atoms with Crippen LogP contribution in [0.15, 0.2) is 24.8 Å². The second-order valence-electron chi connectivity index (χ2n) is 3.06. The van der Waals surface area contributed by atoms with Gasteiger partial charge in [0.25, 0.3) is 0 Å². The lowest BCUT2D eigenvalue weighted by molar-refractivity contribution is 0.0686. The van der Waals surface area contributed by atoms with E-state index in [4.69, 9.17) is 5.11 Å². The van der Waals surface area contributed by atoms with E-state index in [2.05, 4.69) is 6.58 Å². The number of aromatic nitrogens is 1. The number of hydrogen-bond acceptors (Lipinski definition) is 1. The molecule has 14 heavy (non-hydrogen) atoms. The van der Waals surface area contributed by atoms with E-state index in [0.717, 1.165) is 11.3 Å². The van der Waals surface area contributed by atoms with Crippen LogP contribution < -0.4 is 0 Å². The predicted molar refractivity (Wildman–Crippen MR) is 56.3 cm³/mol. The van der Waals surface area contributed by atoms with Gasteiger partial charge in [0, 0.05) is 12.7 Å². The third kappa shape index (κ3) is 1.76. The molecule has 0 aromatic carbocycles. The molecule has 3 nitrogen and oxygen atoms in total. The van der Waals surface area contributed by atoms with Crippen LogP contribution in [0.25, 0.3) is 6.08 Å². The molecule has 0 unspecified atom stereocenters. The molecule has 0 aliphatic heterocycles. The van der Waals surface area contributed by atoms with Crippen LogP contribution in [0.3, 0.4) is 0 Å². The Hall–Kier alpha value is -1.77. The Kier molecular flexibility index (Phi) is 2.92. The molecule has 1 aromatic heterocycles. The van der Waals surface area contributed by atoms with E-state index in [1.54, 1.807) is 29.8 Å². The summed E-state index contributed by atoms with van der Waals surface area (Å²) in [6.45, 7) is 5.45. The molecule has 0 saturated carbocycles. The van der Waals surface area contributed by atoms with Crippen LogP contribution in [-0.2, 0) is 7.05 Å². The van der Waals surface area contributed by atoms with Crippen LogP contribution in [-0.4, -0.2) is 15.6 Å². The van der Waals surface area contributed by atoms with E-state index in [0.29, 0.717) is 5.69 Å². The molecular weight excluding hydrogens is 178 g/mol. The number of nitrogens with zero attached hydrogens (tertiary/aromatic N) is 1. The van der Waals surface area contributed by atoms with E-state index in [-0.39, 0.29) is 0 Å². The van der Waals surface area contributed by atoms with Gasteiger partial charge in [-0.05, 0) is 24.6 Å². The van der Waals surface area contributed by atoms with Gasteiger partial charge in [-0.1, -0.05) is 18.7 Å². The Labute approximate surface area is 83.0 Å². The van der Waals surface area contributed by atoms with Crippen molar-refractivity contribution in [3.63, 3.8) is 0 Å². The van der Waals surface area contributed by atoms with Crippen LogP contribution >= 0.6 is 0 Å². The van der Waals surface area contributed by atoms with E-state index in [1.807, 2.05) is 13.0 Å². The lowest BCUT2D eigenvalue weighted by Crippen LogP contribution is -2.04. The SMILES string of the molecule is C=C/C=C\c1c(C)cc(C(=O)O)n1C. The highest BCUT2D eigenvalue weighted by molar-refractivity contribution is 5.87. The van der Waals surface area contributed by atoms with Crippen molar-refractivity contribution in [2.75, 3.05) is 0 Å². The van der Waals surface area contributed by atoms with Crippen molar-refractivity contribution in [1.82, 2.24) is 4.57 Å². The number of carboxylic acid groups (broad SMARTS) is 1. The first kappa shape index (κ1) is 10.3. The normalized spacial score (nSPS) is 10.7. The number of allylic oxidation sites excluding steroid dienone is 2. The molecule has 1 heterocycles. The quantitative estimate of drug-likeness (QED) is 0.744. The lowest BCUT2D eigenvalue weighted by atomic mass is 10.2. The van der Waals surface area contributed by atoms with Gasteiger partial charge in [-0.25, -0.2) is 4.79 Å². The van der Waals surface area contributed by atoms with Gasteiger partial charge in [0.05, 0.1) is 0 Å². The molecule has 0 fully saturated rings. The fraction of sp³-hybridized carbons (Fsp3) is 0.182. The van der Waals surface area contributed by atoms with Gasteiger partial charge in [0.15, 0.2) is 0 Å². The maximum absolute atomic E-state index is 10.8. The topological polar surface area (TPSA) is 42.2 Å². The monoisotopic (exact) mass is 191 g/mol. The molecule has 0 saturated heterocycles. The zero-order valence-corrected chi connectivity index (χ0v) is 8.32. The van der Waals surface area contributed by atoms with Gasteiger partial charge in [0.2, 0.25) is 0 Å². The highest BCUT2D eigenvalue weighted by Crippen LogP contribution is 2.15. The summed E-state index contributed by atoms with van der Waals surface area (Å²) in [5.74, 6) is -0.908. The lowest BCUT2D eigenvalue weighted by Gasteiger charge is -2.00. The first-order chi connectivity index (χ1) is 6.57. The van der Waals surface area contributed by atoms with Crippen molar-refractivity contribution >= 4 is 12.0 Å². The Morgan fingerprint density at radius 1 is 1.64 bits per heavy atom. The molecule has 0 radical (unpaired) electrons. The number of carbonyl (C=O) groups is 1. The second kappa shape index (κ2) is 3.96. The first-order valence-corrected chi connectivity index (χ1v) is 4.26. The van der Waals surface area contributed by atoms with Gasteiger partial charge in [-0.3, -0.25) is 0 Å². The van der Waals surface area contributed by atoms with E-state index >= 15 is 0 Å². The number of aryl methyl sites for hydroxylation is 1. The van der Waals surface area contributed by atoms with Crippen LogP contribution in [0.2, 0.25) is 0 Å². The predicted octanol–water partition coefficient (Wildman–Crippen LogP) is 2.23. The summed E-state index contributed by atoms with van der Waals surface area (Å²) in [7, 11) is 1.74. The molecule has 3 heteroatoms. The standard InChI is InChI=1S/C11H13NO2/c1-4-5-6-9-8(2)7-10(11(13)14)12(9)3/h4-7H,1H2,2-3H3,(H,13,14)/b6-5-. The first-order valence-electron chi connectivity index (χ1n) is 4.26. The van der Waals surface area contributed by atoms with Gasteiger partial charge in [-0.2, -0.15) is 0 Å². The summed E-state index contributed by atoms with van der Waals surface area (Å²) < 4.78 is 1.65. The molecule has 0 aliphatic carbocycles. The average Bonchev–Trinajstić information content (AvgIpc) is 2.40. The molecule has 1 aromatic rings. The van der Waals surface area contributed by atoms with Crippen molar-refractivity contribution < 1.29 is 9.90 Å². The average molecular weight is 191 g/mol. The molecule has 0 amide bonds. The molecule has 0 aliphatic rings. The highest BCUT2D eigenvalue weighted by Gasteiger charge is 2.12. The van der Waals surface area contributed by atoms with Crippen LogP contribution in [0.4, 0.5) is 0 Å². The minimum atomic E-state index is -0.908. The van der Waals surface area contributed by atoms with E-state index in [1.165, 1.54) is 0 Å². The molecule has 1 rings (SSSR count). The summed E-state index contributed by atoms with van der Waals surface area (Å²) >= 11 is 0. The number of carboxylic acids is 1. The summed E-state index contributed by atoms with van der Waals surface area (Å²) in [5, 5.41) is 8.86. The Morgan fingerprint density at radius 3 is 2.71 bits per heavy atom. The number of aromatic carboxylic acids is 1. The smallest absolute Gasteiger partial charge is 0.352 e. The Balaban J connectivity index is 3.24. The molecule has 74 valence electrons. The van der Waals surface area contributed by atoms with Crippen molar-refractivity contribution in [3.05, 3.63) is 41.7 Å². The Bertz CT molecular complexity index is 400. The number of rotatable bonds is 3. The van der Waals surface area contributed by atoms with Crippen molar-refractivity contribution in [2.45, 2.75) is 6.92 Å². The minimum Gasteiger partial charge on any atom is -0.477 e. The van der Waals surface area contributed by atoms with Gasteiger partial charge in [-0.15, -0.1) is 0 Å². The van der Waals surface area contributed by atoms with Crippen LogP contribution in [0.1, 0.15) is 21.7 Å². The zero-order chi connectivity index (χ0) is 10.7. The third-order valence-corrected chi connectivity index (χ3v) is 2.09. The van der Waals surface area contributed by atoms with Gasteiger partial charge < -0.3 is 9.67 Å². The fourth-order valence-electron chi connectivity index (χ4n) is 1.38.